The zero-order valence-corrected chi connectivity index (χ0v) is 14.4. The molecule has 116 valence electrons. The van der Waals surface area contributed by atoms with E-state index in [4.69, 9.17) is 5.11 Å². The molecule has 0 heterocycles. The van der Waals surface area contributed by atoms with Gasteiger partial charge in [0.15, 0.2) is 0 Å². The molecule has 1 aromatic rings. The summed E-state index contributed by atoms with van der Waals surface area (Å²) in [7, 11) is -2.26. The minimum Gasteiger partial charge on any atom is -0.478 e. The van der Waals surface area contributed by atoms with Crippen LogP contribution in [0.1, 0.15) is 28.8 Å². The molecule has 0 unspecified atom stereocenters. The van der Waals surface area contributed by atoms with Crippen LogP contribution < -0.4 is 0 Å². The second-order valence-electron chi connectivity index (χ2n) is 4.67. The molecule has 1 rings (SSSR count). The fourth-order valence-corrected chi connectivity index (χ4v) is 4.01. The third kappa shape index (κ3) is 4.15. The summed E-state index contributed by atoms with van der Waals surface area (Å²) in [6.45, 7) is 5.60. The minimum absolute atomic E-state index is 0.0268. The number of carboxylic acid groups (broad SMARTS) is 1. The lowest BCUT2D eigenvalue weighted by Crippen LogP contribution is -2.28. The maximum Gasteiger partial charge on any atom is 0.335 e. The fourth-order valence-electron chi connectivity index (χ4n) is 1.79. The van der Waals surface area contributed by atoms with Crippen molar-refractivity contribution in [3.8, 4) is 0 Å². The van der Waals surface area contributed by atoms with E-state index >= 15 is 0 Å². The lowest BCUT2D eigenvalue weighted by atomic mass is 10.1. The molecule has 0 saturated heterocycles. The second-order valence-corrected chi connectivity index (χ2v) is 7.47. The Hall–Kier alpha value is -1.18. The largest absolute Gasteiger partial charge is 0.478 e. The van der Waals surface area contributed by atoms with Crippen molar-refractivity contribution in [2.45, 2.75) is 24.7 Å². The van der Waals surface area contributed by atoms with Gasteiger partial charge >= 0.3 is 5.97 Å². The normalized spacial score (nSPS) is 11.6. The molecule has 0 atom stereocenters. The van der Waals surface area contributed by atoms with Gasteiger partial charge in [-0.15, -0.1) is 6.58 Å². The summed E-state index contributed by atoms with van der Waals surface area (Å²) in [5.41, 5.74) is 0.515. The van der Waals surface area contributed by atoms with E-state index in [2.05, 4.69) is 22.5 Å². The van der Waals surface area contributed by atoms with Crippen LogP contribution in [0.5, 0.6) is 0 Å². The van der Waals surface area contributed by atoms with Gasteiger partial charge < -0.3 is 5.11 Å². The summed E-state index contributed by atoms with van der Waals surface area (Å²) in [6.07, 6.45) is 3.11. The van der Waals surface area contributed by atoms with Gasteiger partial charge in [-0.3, -0.25) is 0 Å². The molecule has 0 aliphatic rings. The molecule has 0 fully saturated rings. The number of aryl methyl sites for hydroxylation is 1. The maximum atomic E-state index is 12.6. The van der Waals surface area contributed by atoms with Crippen molar-refractivity contribution < 1.29 is 18.3 Å². The molecular formula is C14H18BrNO4S. The van der Waals surface area contributed by atoms with Crippen molar-refractivity contribution in [2.24, 2.45) is 0 Å². The average molecular weight is 376 g/mol. The number of hydrogen-bond acceptors (Lipinski definition) is 3. The number of halogens is 1. The van der Waals surface area contributed by atoms with Gasteiger partial charge in [0.05, 0.1) is 10.5 Å². The van der Waals surface area contributed by atoms with Gasteiger partial charge in [-0.25, -0.2) is 17.5 Å². The number of unbranched alkanes of at least 4 members (excludes halogenated alkanes) is 1. The Bertz CT molecular complexity index is 655. The summed E-state index contributed by atoms with van der Waals surface area (Å²) in [5.74, 6) is -1.16. The van der Waals surface area contributed by atoms with Crippen LogP contribution in [0.15, 0.2) is 34.2 Å². The molecule has 7 heteroatoms. The van der Waals surface area contributed by atoms with Crippen LogP contribution in [-0.4, -0.2) is 37.4 Å². The maximum absolute atomic E-state index is 12.6. The number of carboxylic acids is 1. The zero-order valence-electron chi connectivity index (χ0n) is 12.0. The number of hydrogen-bond donors (Lipinski definition) is 1. The van der Waals surface area contributed by atoms with Crippen LogP contribution in [0.25, 0.3) is 0 Å². The van der Waals surface area contributed by atoms with E-state index in [1.807, 2.05) is 0 Å². The summed E-state index contributed by atoms with van der Waals surface area (Å²) >= 11 is 3.23. The van der Waals surface area contributed by atoms with Gasteiger partial charge in [0.1, 0.15) is 0 Å². The highest BCUT2D eigenvalue weighted by molar-refractivity contribution is 9.10. The van der Waals surface area contributed by atoms with E-state index in [0.717, 1.165) is 6.42 Å². The van der Waals surface area contributed by atoms with Gasteiger partial charge in [0.25, 0.3) is 0 Å². The first-order chi connectivity index (χ1) is 9.71. The number of aromatic carboxylic acids is 1. The van der Waals surface area contributed by atoms with E-state index in [-0.39, 0.29) is 10.5 Å². The van der Waals surface area contributed by atoms with Crippen molar-refractivity contribution in [2.75, 3.05) is 13.6 Å². The average Bonchev–Trinajstić information content (AvgIpc) is 2.41. The Morgan fingerprint density at radius 3 is 2.62 bits per heavy atom. The molecule has 0 saturated carbocycles. The van der Waals surface area contributed by atoms with Crippen molar-refractivity contribution in [3.63, 3.8) is 0 Å². The highest BCUT2D eigenvalue weighted by Gasteiger charge is 2.25. The van der Waals surface area contributed by atoms with Crippen LogP contribution in [0, 0.1) is 6.92 Å². The number of allylic oxidation sites excluding steroid dienone is 1. The smallest absolute Gasteiger partial charge is 0.335 e. The Morgan fingerprint density at radius 2 is 2.10 bits per heavy atom. The minimum atomic E-state index is -3.74. The summed E-state index contributed by atoms with van der Waals surface area (Å²) in [6, 6.07) is 2.61. The Kier molecular flexibility index (Phi) is 6.12. The number of benzene rings is 1. The third-order valence-electron chi connectivity index (χ3n) is 3.04. The van der Waals surface area contributed by atoms with Gasteiger partial charge in [0, 0.05) is 18.1 Å². The second kappa shape index (κ2) is 7.20. The van der Waals surface area contributed by atoms with Crippen molar-refractivity contribution in [1.29, 1.82) is 0 Å². The van der Waals surface area contributed by atoms with E-state index in [9.17, 15) is 13.2 Å². The molecular weight excluding hydrogens is 358 g/mol. The predicted molar refractivity (Wildman–Crippen MR) is 85.1 cm³/mol. The van der Waals surface area contributed by atoms with E-state index in [1.54, 1.807) is 13.0 Å². The number of rotatable bonds is 7. The first-order valence-corrected chi connectivity index (χ1v) is 8.55. The van der Waals surface area contributed by atoms with Crippen molar-refractivity contribution in [1.82, 2.24) is 4.31 Å². The number of sulfonamides is 1. The summed E-state index contributed by atoms with van der Waals surface area (Å²) in [4.78, 5) is 11.1. The van der Waals surface area contributed by atoms with Gasteiger partial charge in [0.2, 0.25) is 10.0 Å². The SMILES string of the molecule is C=CCCCN(C)S(=O)(=O)c1cc(C(=O)O)cc(C)c1Br. The van der Waals surface area contributed by atoms with Gasteiger partial charge in [-0.1, -0.05) is 6.08 Å². The Balaban J connectivity index is 3.24. The lowest BCUT2D eigenvalue weighted by molar-refractivity contribution is 0.0696. The van der Waals surface area contributed by atoms with Crippen LogP contribution in [-0.2, 0) is 10.0 Å². The van der Waals surface area contributed by atoms with Crippen LogP contribution in [0.3, 0.4) is 0 Å². The number of carbonyl (C=O) groups is 1. The van der Waals surface area contributed by atoms with Crippen LogP contribution >= 0.6 is 15.9 Å². The van der Waals surface area contributed by atoms with Crippen molar-refractivity contribution >= 4 is 31.9 Å². The predicted octanol–water partition coefficient (Wildman–Crippen LogP) is 3.04. The Labute approximate surface area is 133 Å². The highest BCUT2D eigenvalue weighted by Crippen LogP contribution is 2.29. The summed E-state index contributed by atoms with van der Waals surface area (Å²) < 4.78 is 26.7. The fraction of sp³-hybridized carbons (Fsp3) is 0.357. The molecule has 0 bridgehead atoms. The lowest BCUT2D eigenvalue weighted by Gasteiger charge is -2.19. The topological polar surface area (TPSA) is 74.7 Å². The standard InChI is InChI=1S/C14H18BrNO4S/c1-4-5-6-7-16(3)21(19,20)12-9-11(14(17)18)8-10(2)13(12)15/h4,8-9H,1,5-7H2,2-3H3,(H,17,18). The molecule has 21 heavy (non-hydrogen) atoms. The van der Waals surface area contributed by atoms with E-state index < -0.39 is 16.0 Å². The number of nitrogens with zero attached hydrogens (tertiary/aromatic N) is 1. The Morgan fingerprint density at radius 1 is 1.48 bits per heavy atom. The monoisotopic (exact) mass is 375 g/mol. The molecule has 0 radical (unpaired) electrons. The van der Waals surface area contributed by atoms with Crippen LogP contribution in [0.2, 0.25) is 0 Å². The first-order valence-electron chi connectivity index (χ1n) is 6.32. The van der Waals surface area contributed by atoms with E-state index in [0.29, 0.717) is 23.0 Å². The molecule has 0 aromatic heterocycles. The van der Waals surface area contributed by atoms with E-state index in [1.165, 1.54) is 23.5 Å². The molecule has 1 N–H and O–H groups in total. The van der Waals surface area contributed by atoms with Gasteiger partial charge in [-0.2, -0.15) is 0 Å². The molecule has 0 amide bonds. The van der Waals surface area contributed by atoms with Crippen molar-refractivity contribution in [3.05, 3.63) is 40.4 Å². The molecule has 5 nitrogen and oxygen atoms in total. The molecule has 0 aliphatic carbocycles. The molecule has 1 aromatic carbocycles. The first kappa shape index (κ1) is 17.9. The molecule has 0 aliphatic heterocycles. The van der Waals surface area contributed by atoms with Crippen LogP contribution in [0.4, 0.5) is 0 Å². The van der Waals surface area contributed by atoms with Gasteiger partial charge in [-0.05, 0) is 53.4 Å². The molecule has 0 spiro atoms. The third-order valence-corrected chi connectivity index (χ3v) is 6.23. The zero-order chi connectivity index (χ0) is 16.2. The quantitative estimate of drug-likeness (QED) is 0.586. The summed E-state index contributed by atoms with van der Waals surface area (Å²) in [5, 5.41) is 9.07. The highest BCUT2D eigenvalue weighted by atomic mass is 79.9.